The summed E-state index contributed by atoms with van der Waals surface area (Å²) in [5.41, 5.74) is 2.53. The summed E-state index contributed by atoms with van der Waals surface area (Å²) < 4.78 is 0. The second-order valence-electron chi connectivity index (χ2n) is 2.16. The Kier molecular flexibility index (Phi) is 3.78. The Morgan fingerprint density at radius 1 is 1.33 bits per heavy atom. The molecule has 0 amide bonds. The number of hydrogen-bond donors (Lipinski definition) is 0. The van der Waals surface area contributed by atoms with Crippen LogP contribution >= 0.6 is 0 Å². The molecule has 9 heavy (non-hydrogen) atoms. The summed E-state index contributed by atoms with van der Waals surface area (Å²) in [6.07, 6.45) is 5.95. The molecule has 0 aliphatic rings. The van der Waals surface area contributed by atoms with E-state index >= 15 is 0 Å². The average Bonchev–Trinajstić information content (AvgIpc) is 1.82. The van der Waals surface area contributed by atoms with Gasteiger partial charge in [0.05, 0.1) is 0 Å². The molecule has 0 N–H and O–H groups in total. The van der Waals surface area contributed by atoms with Gasteiger partial charge >= 0.3 is 0 Å². The predicted molar refractivity (Wildman–Crippen MR) is 43.4 cm³/mol. The molecule has 0 saturated carbocycles. The molecule has 0 aliphatic carbocycles. The van der Waals surface area contributed by atoms with Gasteiger partial charge in [0.25, 0.3) is 0 Å². The lowest BCUT2D eigenvalue weighted by atomic mass is 10.1. The van der Waals surface area contributed by atoms with E-state index in [4.69, 9.17) is 0 Å². The molecule has 0 bridgehead atoms. The lowest BCUT2D eigenvalue weighted by Gasteiger charge is -1.94. The topological polar surface area (TPSA) is 0 Å². The third-order valence-corrected chi connectivity index (χ3v) is 1.14. The molecule has 50 valence electrons. The van der Waals surface area contributed by atoms with Gasteiger partial charge in [-0.3, -0.25) is 0 Å². The van der Waals surface area contributed by atoms with Crippen LogP contribution in [0.2, 0.25) is 0 Å². The van der Waals surface area contributed by atoms with Crippen LogP contribution in [-0.2, 0) is 0 Å². The van der Waals surface area contributed by atoms with E-state index in [0.29, 0.717) is 0 Å². The number of hydrogen-bond acceptors (Lipinski definition) is 0. The van der Waals surface area contributed by atoms with Crippen LogP contribution < -0.4 is 0 Å². The Labute approximate surface area is 57.6 Å². The van der Waals surface area contributed by atoms with Crippen molar-refractivity contribution >= 4 is 0 Å². The Bertz CT molecular complexity index is 143. The third-order valence-electron chi connectivity index (χ3n) is 1.14. The van der Waals surface area contributed by atoms with Gasteiger partial charge in [-0.05, 0) is 26.3 Å². The minimum absolute atomic E-state index is 1.22. The van der Waals surface area contributed by atoms with Crippen molar-refractivity contribution in [2.75, 3.05) is 0 Å². The minimum Gasteiger partial charge on any atom is -0.0985 e. The molecule has 0 atom stereocenters. The average molecular weight is 122 g/mol. The molecular formula is C9H14. The number of allylic oxidation sites excluding steroid dienone is 5. The standard InChI is InChI=1S/C9H14/c1-5-7-9(6-2)8(3)4/h5-7H,2H2,1,3-4H3/b7-5-. The SMILES string of the molecule is C=CC(/C=C\C)=C(C)C. The molecule has 0 spiro atoms. The van der Waals surface area contributed by atoms with Crippen LogP contribution in [-0.4, -0.2) is 0 Å². The molecule has 0 rings (SSSR count). The van der Waals surface area contributed by atoms with Gasteiger partial charge in [0.15, 0.2) is 0 Å². The summed E-state index contributed by atoms with van der Waals surface area (Å²) >= 11 is 0. The zero-order valence-corrected chi connectivity index (χ0v) is 6.44. The highest BCUT2D eigenvalue weighted by Gasteiger charge is 1.84. The van der Waals surface area contributed by atoms with Gasteiger partial charge in [0.1, 0.15) is 0 Å². The fourth-order valence-electron chi connectivity index (χ4n) is 0.618. The summed E-state index contributed by atoms with van der Waals surface area (Å²) in [6.45, 7) is 9.86. The first-order valence-electron chi connectivity index (χ1n) is 3.15. The smallest absolute Gasteiger partial charge is 0.0279 e. The van der Waals surface area contributed by atoms with Gasteiger partial charge in [-0.1, -0.05) is 30.4 Å². The largest absolute Gasteiger partial charge is 0.0985 e. The fraction of sp³-hybridized carbons (Fsp3) is 0.333. The van der Waals surface area contributed by atoms with E-state index in [1.807, 2.05) is 19.1 Å². The zero-order chi connectivity index (χ0) is 7.28. The Morgan fingerprint density at radius 2 is 1.89 bits per heavy atom. The lowest BCUT2D eigenvalue weighted by molar-refractivity contribution is 1.34. The molecule has 0 heteroatoms. The first-order chi connectivity index (χ1) is 4.22. The summed E-state index contributed by atoms with van der Waals surface area (Å²) in [6, 6.07) is 0. The normalized spacial score (nSPS) is 9.67. The van der Waals surface area contributed by atoms with Crippen LogP contribution in [0.3, 0.4) is 0 Å². The van der Waals surface area contributed by atoms with Crippen molar-refractivity contribution in [1.29, 1.82) is 0 Å². The van der Waals surface area contributed by atoms with Crippen molar-refractivity contribution in [3.8, 4) is 0 Å². The maximum absolute atomic E-state index is 3.69. The van der Waals surface area contributed by atoms with Gasteiger partial charge in [0.2, 0.25) is 0 Å². The molecular weight excluding hydrogens is 108 g/mol. The first-order valence-corrected chi connectivity index (χ1v) is 3.15. The highest BCUT2D eigenvalue weighted by Crippen LogP contribution is 2.04. The number of rotatable bonds is 2. The molecule has 0 nitrogen and oxygen atoms in total. The van der Waals surface area contributed by atoms with E-state index in [2.05, 4.69) is 26.5 Å². The minimum atomic E-state index is 1.22. The van der Waals surface area contributed by atoms with Crippen LogP contribution in [0.25, 0.3) is 0 Å². The summed E-state index contributed by atoms with van der Waals surface area (Å²) in [7, 11) is 0. The van der Waals surface area contributed by atoms with Gasteiger partial charge in [-0.2, -0.15) is 0 Å². The highest BCUT2D eigenvalue weighted by molar-refractivity contribution is 5.32. The van der Waals surface area contributed by atoms with Crippen LogP contribution in [0.4, 0.5) is 0 Å². The zero-order valence-electron chi connectivity index (χ0n) is 6.44. The van der Waals surface area contributed by atoms with Crippen molar-refractivity contribution in [3.63, 3.8) is 0 Å². The maximum Gasteiger partial charge on any atom is -0.0279 e. The van der Waals surface area contributed by atoms with Crippen molar-refractivity contribution in [1.82, 2.24) is 0 Å². The Hall–Kier alpha value is -0.780. The van der Waals surface area contributed by atoms with Gasteiger partial charge in [-0.15, -0.1) is 0 Å². The Balaban J connectivity index is 4.34. The molecule has 0 unspecified atom stereocenters. The molecule has 0 heterocycles. The first kappa shape index (κ1) is 8.22. The quantitative estimate of drug-likeness (QED) is 0.494. The summed E-state index contributed by atoms with van der Waals surface area (Å²) in [4.78, 5) is 0. The van der Waals surface area contributed by atoms with Gasteiger partial charge < -0.3 is 0 Å². The van der Waals surface area contributed by atoms with Crippen molar-refractivity contribution in [2.24, 2.45) is 0 Å². The van der Waals surface area contributed by atoms with E-state index < -0.39 is 0 Å². The molecule has 0 radical (unpaired) electrons. The van der Waals surface area contributed by atoms with Crippen molar-refractivity contribution < 1.29 is 0 Å². The molecule has 0 aromatic heterocycles. The van der Waals surface area contributed by atoms with E-state index in [9.17, 15) is 0 Å². The molecule has 0 aromatic carbocycles. The predicted octanol–water partition coefficient (Wildman–Crippen LogP) is 3.08. The molecule has 0 aromatic rings. The summed E-state index contributed by atoms with van der Waals surface area (Å²) in [5, 5.41) is 0. The van der Waals surface area contributed by atoms with Crippen LogP contribution in [0, 0.1) is 0 Å². The lowest BCUT2D eigenvalue weighted by Crippen LogP contribution is -1.73. The highest BCUT2D eigenvalue weighted by atomic mass is 13.9. The van der Waals surface area contributed by atoms with Crippen LogP contribution in [0.1, 0.15) is 20.8 Å². The fourth-order valence-corrected chi connectivity index (χ4v) is 0.618. The van der Waals surface area contributed by atoms with Crippen molar-refractivity contribution in [2.45, 2.75) is 20.8 Å². The van der Waals surface area contributed by atoms with Gasteiger partial charge in [0, 0.05) is 0 Å². The van der Waals surface area contributed by atoms with Crippen molar-refractivity contribution in [3.05, 3.63) is 36.0 Å². The third kappa shape index (κ3) is 2.91. The van der Waals surface area contributed by atoms with E-state index in [1.165, 1.54) is 11.1 Å². The second-order valence-corrected chi connectivity index (χ2v) is 2.16. The molecule has 0 fully saturated rings. The van der Waals surface area contributed by atoms with E-state index in [1.54, 1.807) is 0 Å². The van der Waals surface area contributed by atoms with E-state index in [-0.39, 0.29) is 0 Å². The Morgan fingerprint density at radius 3 is 2.00 bits per heavy atom. The van der Waals surface area contributed by atoms with E-state index in [0.717, 1.165) is 0 Å². The molecule has 0 aliphatic heterocycles. The summed E-state index contributed by atoms with van der Waals surface area (Å²) in [5.74, 6) is 0. The monoisotopic (exact) mass is 122 g/mol. The van der Waals surface area contributed by atoms with Crippen LogP contribution in [0.5, 0.6) is 0 Å². The molecule has 0 saturated heterocycles. The second kappa shape index (κ2) is 4.13. The van der Waals surface area contributed by atoms with Crippen LogP contribution in [0.15, 0.2) is 36.0 Å². The van der Waals surface area contributed by atoms with Gasteiger partial charge in [-0.25, -0.2) is 0 Å². The maximum atomic E-state index is 3.69.